The lowest BCUT2D eigenvalue weighted by molar-refractivity contribution is -0.122. The van der Waals surface area contributed by atoms with Gasteiger partial charge in [0.15, 0.2) is 0 Å². The van der Waals surface area contributed by atoms with Crippen molar-refractivity contribution in [2.24, 2.45) is 0 Å². The van der Waals surface area contributed by atoms with Crippen LogP contribution < -0.4 is 10.6 Å². The van der Waals surface area contributed by atoms with Crippen LogP contribution >= 0.6 is 0 Å². The predicted molar refractivity (Wildman–Crippen MR) is 81.5 cm³/mol. The number of carbonyl (C=O) groups is 1. The lowest BCUT2D eigenvalue weighted by atomic mass is 10.2. The largest absolute Gasteiger partial charge is 0.352 e. The first-order valence-electron chi connectivity index (χ1n) is 7.87. The van der Waals surface area contributed by atoms with E-state index in [9.17, 15) is 4.79 Å². The molecule has 1 aliphatic carbocycles. The summed E-state index contributed by atoms with van der Waals surface area (Å²) in [5.74, 6) is 0.133. The molecule has 112 valence electrons. The summed E-state index contributed by atoms with van der Waals surface area (Å²) in [7, 11) is 0. The Balaban J connectivity index is 1.80. The second-order valence-corrected chi connectivity index (χ2v) is 5.84. The van der Waals surface area contributed by atoms with Gasteiger partial charge in [-0.15, -0.1) is 0 Å². The highest BCUT2D eigenvalue weighted by molar-refractivity contribution is 5.76. The molecule has 0 radical (unpaired) electrons. The fourth-order valence-corrected chi connectivity index (χ4v) is 2.80. The minimum absolute atomic E-state index is 0.133. The molecule has 1 heterocycles. The van der Waals surface area contributed by atoms with E-state index in [-0.39, 0.29) is 5.91 Å². The summed E-state index contributed by atoms with van der Waals surface area (Å²) in [6, 6.07) is 2.84. The highest BCUT2D eigenvalue weighted by Gasteiger charge is 2.17. The van der Waals surface area contributed by atoms with Gasteiger partial charge in [0.25, 0.3) is 0 Å². The Labute approximate surface area is 121 Å². The molecule has 1 saturated carbocycles. The highest BCUT2D eigenvalue weighted by atomic mass is 16.2. The summed E-state index contributed by atoms with van der Waals surface area (Å²) in [4.78, 5) is 12.0. The van der Waals surface area contributed by atoms with Gasteiger partial charge < -0.3 is 15.2 Å². The van der Waals surface area contributed by atoms with Crippen molar-refractivity contribution < 1.29 is 4.79 Å². The number of hydrogen-bond donors (Lipinski definition) is 2. The van der Waals surface area contributed by atoms with Crippen LogP contribution in [-0.4, -0.2) is 23.1 Å². The average Bonchev–Trinajstić information content (AvgIpc) is 3.07. The maximum absolute atomic E-state index is 12.0. The fraction of sp³-hybridized carbons (Fsp3) is 0.688. The van der Waals surface area contributed by atoms with Crippen LogP contribution in [0.2, 0.25) is 0 Å². The van der Waals surface area contributed by atoms with Gasteiger partial charge in [-0.2, -0.15) is 0 Å². The first-order valence-corrected chi connectivity index (χ1v) is 7.87. The molecule has 4 nitrogen and oxygen atoms in total. The zero-order valence-corrected chi connectivity index (χ0v) is 12.7. The molecular formula is C16H27N3O. The van der Waals surface area contributed by atoms with Crippen molar-refractivity contribution in [2.75, 3.05) is 6.54 Å². The first-order chi connectivity index (χ1) is 9.69. The Morgan fingerprint density at radius 1 is 1.45 bits per heavy atom. The molecule has 0 aromatic carbocycles. The van der Waals surface area contributed by atoms with Crippen LogP contribution in [0, 0.1) is 0 Å². The molecule has 4 heteroatoms. The van der Waals surface area contributed by atoms with Crippen molar-refractivity contribution in [3.05, 3.63) is 24.0 Å². The van der Waals surface area contributed by atoms with Crippen molar-refractivity contribution in [1.82, 2.24) is 15.2 Å². The summed E-state index contributed by atoms with van der Waals surface area (Å²) in [5, 5.41) is 6.58. The van der Waals surface area contributed by atoms with Crippen LogP contribution in [0.5, 0.6) is 0 Å². The van der Waals surface area contributed by atoms with Gasteiger partial charge in [-0.25, -0.2) is 0 Å². The summed E-state index contributed by atoms with van der Waals surface area (Å²) < 4.78 is 1.98. The molecule has 2 rings (SSSR count). The molecule has 1 fully saturated rings. The van der Waals surface area contributed by atoms with Crippen molar-refractivity contribution in [2.45, 2.75) is 64.6 Å². The smallest absolute Gasteiger partial charge is 0.240 e. The van der Waals surface area contributed by atoms with Gasteiger partial charge >= 0.3 is 0 Å². The molecular weight excluding hydrogens is 250 g/mol. The second kappa shape index (κ2) is 7.48. The molecule has 2 N–H and O–H groups in total. The Hall–Kier alpha value is -1.29. The van der Waals surface area contributed by atoms with E-state index in [1.807, 2.05) is 10.8 Å². The molecule has 0 bridgehead atoms. The van der Waals surface area contributed by atoms with E-state index < -0.39 is 0 Å². The fourth-order valence-electron chi connectivity index (χ4n) is 2.80. The molecule has 1 aromatic rings. The van der Waals surface area contributed by atoms with Gasteiger partial charge in [0.05, 0.1) is 0 Å². The Bertz CT molecular complexity index is 421. The van der Waals surface area contributed by atoms with Gasteiger partial charge in [-0.1, -0.05) is 19.8 Å². The molecule has 1 aromatic heterocycles. The Morgan fingerprint density at radius 3 is 2.90 bits per heavy atom. The third-order valence-corrected chi connectivity index (χ3v) is 4.02. The quantitative estimate of drug-likeness (QED) is 0.805. The van der Waals surface area contributed by atoms with Gasteiger partial charge in [0.2, 0.25) is 5.91 Å². The van der Waals surface area contributed by atoms with Crippen molar-refractivity contribution in [1.29, 1.82) is 0 Å². The number of amides is 1. The molecule has 1 aliphatic rings. The van der Waals surface area contributed by atoms with Crippen molar-refractivity contribution in [3.63, 3.8) is 0 Å². The van der Waals surface area contributed by atoms with Gasteiger partial charge in [-0.05, 0) is 44.4 Å². The molecule has 0 aliphatic heterocycles. The van der Waals surface area contributed by atoms with E-state index in [4.69, 9.17) is 0 Å². The number of nitrogens with one attached hydrogen (secondary N) is 2. The molecule has 0 spiro atoms. The maximum atomic E-state index is 12.0. The van der Waals surface area contributed by atoms with Crippen LogP contribution in [0.15, 0.2) is 18.5 Å². The highest BCUT2D eigenvalue weighted by Crippen LogP contribution is 2.17. The predicted octanol–water partition coefficient (Wildman–Crippen LogP) is 2.61. The van der Waals surface area contributed by atoms with Gasteiger partial charge in [0, 0.05) is 24.5 Å². The summed E-state index contributed by atoms with van der Waals surface area (Å²) in [6.07, 6.45) is 9.98. The van der Waals surface area contributed by atoms with Gasteiger partial charge in [-0.3, -0.25) is 4.79 Å². The van der Waals surface area contributed by atoms with E-state index in [0.29, 0.717) is 18.6 Å². The van der Waals surface area contributed by atoms with E-state index in [0.717, 1.165) is 25.8 Å². The SMILES string of the molecule is CCCNC(C)c1ccn(CC(=O)NC2CCCC2)c1. The summed E-state index contributed by atoms with van der Waals surface area (Å²) >= 11 is 0. The van der Waals surface area contributed by atoms with E-state index in [1.54, 1.807) is 0 Å². The van der Waals surface area contributed by atoms with Crippen LogP contribution in [0.4, 0.5) is 0 Å². The van der Waals surface area contributed by atoms with Crippen LogP contribution in [0.1, 0.15) is 57.6 Å². The van der Waals surface area contributed by atoms with Crippen LogP contribution in [0.3, 0.4) is 0 Å². The molecule has 1 atom stereocenters. The number of rotatable bonds is 7. The zero-order valence-electron chi connectivity index (χ0n) is 12.7. The number of carbonyl (C=O) groups excluding carboxylic acids is 1. The minimum Gasteiger partial charge on any atom is -0.352 e. The third kappa shape index (κ3) is 4.37. The molecule has 20 heavy (non-hydrogen) atoms. The number of hydrogen-bond acceptors (Lipinski definition) is 2. The van der Waals surface area contributed by atoms with E-state index >= 15 is 0 Å². The maximum Gasteiger partial charge on any atom is 0.240 e. The van der Waals surface area contributed by atoms with Crippen LogP contribution in [-0.2, 0) is 11.3 Å². The van der Waals surface area contributed by atoms with Crippen molar-refractivity contribution in [3.8, 4) is 0 Å². The van der Waals surface area contributed by atoms with E-state index in [2.05, 4.69) is 36.7 Å². The lowest BCUT2D eigenvalue weighted by Crippen LogP contribution is -2.34. The Morgan fingerprint density at radius 2 is 2.20 bits per heavy atom. The average molecular weight is 277 g/mol. The molecule has 0 saturated heterocycles. The standard InChI is InChI=1S/C16H27N3O/c1-3-9-17-13(2)14-8-10-19(11-14)12-16(20)18-15-6-4-5-7-15/h8,10-11,13,15,17H,3-7,9,12H2,1-2H3,(H,18,20). The summed E-state index contributed by atoms with van der Waals surface area (Å²) in [5.41, 5.74) is 1.24. The number of aromatic nitrogens is 1. The third-order valence-electron chi connectivity index (χ3n) is 4.02. The van der Waals surface area contributed by atoms with Crippen molar-refractivity contribution >= 4 is 5.91 Å². The van der Waals surface area contributed by atoms with Gasteiger partial charge in [0.1, 0.15) is 6.54 Å². The first kappa shape index (κ1) is 15.1. The van der Waals surface area contributed by atoms with E-state index in [1.165, 1.54) is 18.4 Å². The molecule has 1 amide bonds. The molecule has 1 unspecified atom stereocenters. The summed E-state index contributed by atoms with van der Waals surface area (Å²) in [6.45, 7) is 5.78. The number of nitrogens with zero attached hydrogens (tertiary/aromatic N) is 1. The minimum atomic E-state index is 0.133. The normalized spacial score (nSPS) is 17.3. The zero-order chi connectivity index (χ0) is 14.4. The topological polar surface area (TPSA) is 46.1 Å². The van der Waals surface area contributed by atoms with Crippen LogP contribution in [0.25, 0.3) is 0 Å². The second-order valence-electron chi connectivity index (χ2n) is 5.84. The lowest BCUT2D eigenvalue weighted by Gasteiger charge is -2.13. The monoisotopic (exact) mass is 277 g/mol. The Kier molecular flexibility index (Phi) is 5.65.